The van der Waals surface area contributed by atoms with Crippen LogP contribution in [0.4, 0.5) is 0 Å². The van der Waals surface area contributed by atoms with Crippen molar-refractivity contribution in [1.82, 2.24) is 15.2 Å². The topological polar surface area (TPSA) is 67.6 Å². The summed E-state index contributed by atoms with van der Waals surface area (Å²) in [6.07, 6.45) is 0. The Morgan fingerprint density at radius 1 is 1.22 bits per heavy atom. The maximum absolute atomic E-state index is 6.15. The van der Waals surface area contributed by atoms with E-state index in [0.717, 1.165) is 11.4 Å². The number of aromatic nitrogens is 3. The Hall–Kier alpha value is -1.39. The first-order valence-electron chi connectivity index (χ1n) is 5.82. The second-order valence-corrected chi connectivity index (χ2v) is 5.76. The first kappa shape index (κ1) is 13.1. The summed E-state index contributed by atoms with van der Waals surface area (Å²) < 4.78 is 0. The Morgan fingerprint density at radius 2 is 1.83 bits per heavy atom. The zero-order valence-electron chi connectivity index (χ0n) is 10.7. The second-order valence-electron chi connectivity index (χ2n) is 5.32. The van der Waals surface area contributed by atoms with Crippen LogP contribution in [-0.2, 0) is 5.41 Å². The summed E-state index contributed by atoms with van der Waals surface area (Å²) >= 11 is 5.85. The van der Waals surface area contributed by atoms with Crippen LogP contribution < -0.4 is 5.73 Å². The van der Waals surface area contributed by atoms with E-state index >= 15 is 0 Å². The number of benzene rings is 1. The number of rotatable bonds is 2. The van der Waals surface area contributed by atoms with Crippen molar-refractivity contribution in [3.63, 3.8) is 0 Å². The van der Waals surface area contributed by atoms with Gasteiger partial charge in [-0.15, -0.1) is 0 Å². The number of hydrogen-bond acceptors (Lipinski definition) is 3. The average Bonchev–Trinajstić information content (AvgIpc) is 2.78. The minimum Gasteiger partial charge on any atom is -0.318 e. The number of hydrogen-bond donors (Lipinski definition) is 2. The third-order valence-corrected chi connectivity index (χ3v) is 2.95. The van der Waals surface area contributed by atoms with E-state index in [1.807, 2.05) is 24.3 Å². The molecule has 1 aromatic heterocycles. The van der Waals surface area contributed by atoms with Gasteiger partial charge in [0.2, 0.25) is 0 Å². The van der Waals surface area contributed by atoms with Gasteiger partial charge in [-0.3, -0.25) is 5.10 Å². The van der Waals surface area contributed by atoms with Gasteiger partial charge in [0.15, 0.2) is 5.82 Å². The second kappa shape index (κ2) is 4.71. The third-order valence-electron chi connectivity index (χ3n) is 2.70. The molecule has 2 rings (SSSR count). The first-order valence-corrected chi connectivity index (χ1v) is 6.19. The summed E-state index contributed by atoms with van der Waals surface area (Å²) in [5, 5.41) is 7.81. The molecule has 1 heterocycles. The van der Waals surface area contributed by atoms with Crippen LogP contribution in [0.1, 0.15) is 44.0 Å². The number of aromatic amines is 1. The van der Waals surface area contributed by atoms with E-state index < -0.39 is 0 Å². The Bertz CT molecular complexity index is 525. The molecule has 0 radical (unpaired) electrons. The van der Waals surface area contributed by atoms with E-state index in [1.54, 1.807) is 0 Å². The minimum absolute atomic E-state index is 0.0888. The lowest BCUT2D eigenvalue weighted by molar-refractivity contribution is 0.547. The van der Waals surface area contributed by atoms with E-state index in [-0.39, 0.29) is 11.5 Å². The normalized spacial score (nSPS) is 13.6. The largest absolute Gasteiger partial charge is 0.318 e. The highest BCUT2D eigenvalue weighted by Crippen LogP contribution is 2.22. The maximum atomic E-state index is 6.15. The van der Waals surface area contributed by atoms with Crippen LogP contribution in [0.2, 0.25) is 5.02 Å². The van der Waals surface area contributed by atoms with Gasteiger partial charge in [-0.05, 0) is 17.7 Å². The van der Waals surface area contributed by atoms with Crippen molar-refractivity contribution in [2.45, 2.75) is 32.2 Å². The molecule has 5 heteroatoms. The van der Waals surface area contributed by atoms with Gasteiger partial charge in [0, 0.05) is 10.4 Å². The molecule has 0 fully saturated rings. The van der Waals surface area contributed by atoms with Crippen LogP contribution in [0.3, 0.4) is 0 Å². The monoisotopic (exact) mass is 264 g/mol. The quantitative estimate of drug-likeness (QED) is 0.876. The number of H-pyrrole nitrogens is 1. The summed E-state index contributed by atoms with van der Waals surface area (Å²) in [4.78, 5) is 4.46. The van der Waals surface area contributed by atoms with Gasteiger partial charge >= 0.3 is 0 Å². The molecule has 0 aliphatic rings. The van der Waals surface area contributed by atoms with Crippen molar-refractivity contribution in [3.8, 4) is 0 Å². The molecule has 18 heavy (non-hydrogen) atoms. The van der Waals surface area contributed by atoms with Crippen LogP contribution in [0.15, 0.2) is 24.3 Å². The van der Waals surface area contributed by atoms with Gasteiger partial charge < -0.3 is 5.73 Å². The van der Waals surface area contributed by atoms with Crippen molar-refractivity contribution in [1.29, 1.82) is 0 Å². The van der Waals surface area contributed by atoms with Crippen LogP contribution in [-0.4, -0.2) is 15.2 Å². The lowest BCUT2D eigenvalue weighted by Gasteiger charge is -2.12. The van der Waals surface area contributed by atoms with Gasteiger partial charge in [-0.25, -0.2) is 4.98 Å². The van der Waals surface area contributed by atoms with Crippen LogP contribution in [0.25, 0.3) is 0 Å². The van der Waals surface area contributed by atoms with Crippen LogP contribution in [0.5, 0.6) is 0 Å². The van der Waals surface area contributed by atoms with Crippen LogP contribution >= 0.6 is 11.6 Å². The summed E-state index contributed by atoms with van der Waals surface area (Å²) in [5.41, 5.74) is 7.01. The van der Waals surface area contributed by atoms with Crippen molar-refractivity contribution >= 4 is 11.6 Å². The Kier molecular flexibility index (Phi) is 3.41. The van der Waals surface area contributed by atoms with Crippen LogP contribution in [0, 0.1) is 0 Å². The SMILES string of the molecule is CC(C)(C)c1n[nH]c([C@@H](N)c2ccc(Cl)cc2)n1. The molecule has 2 aromatic rings. The molecular weight excluding hydrogens is 248 g/mol. The summed E-state index contributed by atoms with van der Waals surface area (Å²) in [5.74, 6) is 1.43. The van der Waals surface area contributed by atoms with Crippen molar-refractivity contribution < 1.29 is 0 Å². The Balaban J connectivity index is 2.26. The molecule has 0 aliphatic heterocycles. The van der Waals surface area contributed by atoms with E-state index in [9.17, 15) is 0 Å². The maximum Gasteiger partial charge on any atom is 0.156 e. The molecule has 96 valence electrons. The van der Waals surface area contributed by atoms with E-state index in [4.69, 9.17) is 17.3 Å². The zero-order valence-corrected chi connectivity index (χ0v) is 11.5. The fraction of sp³-hybridized carbons (Fsp3) is 0.385. The molecule has 0 unspecified atom stereocenters. The van der Waals surface area contributed by atoms with E-state index in [1.165, 1.54) is 0 Å². The zero-order chi connectivity index (χ0) is 13.3. The van der Waals surface area contributed by atoms with Crippen molar-refractivity contribution in [3.05, 3.63) is 46.5 Å². The molecule has 1 aromatic carbocycles. The average molecular weight is 265 g/mol. The Morgan fingerprint density at radius 3 is 2.33 bits per heavy atom. The molecule has 0 saturated carbocycles. The van der Waals surface area contributed by atoms with E-state index in [2.05, 4.69) is 36.0 Å². The molecular formula is C13H17ClN4. The molecule has 4 nitrogen and oxygen atoms in total. The lowest BCUT2D eigenvalue weighted by Crippen LogP contribution is -2.15. The number of nitrogens with one attached hydrogen (secondary N) is 1. The van der Waals surface area contributed by atoms with Gasteiger partial charge in [0.05, 0.1) is 6.04 Å². The third kappa shape index (κ3) is 2.71. The fourth-order valence-electron chi connectivity index (χ4n) is 1.58. The van der Waals surface area contributed by atoms with Gasteiger partial charge in [0.25, 0.3) is 0 Å². The number of nitrogens with two attached hydrogens (primary N) is 1. The molecule has 0 bridgehead atoms. The number of nitrogens with zero attached hydrogens (tertiary/aromatic N) is 2. The van der Waals surface area contributed by atoms with E-state index in [0.29, 0.717) is 10.8 Å². The summed E-state index contributed by atoms with van der Waals surface area (Å²) in [6, 6.07) is 7.11. The number of halogens is 1. The summed E-state index contributed by atoms with van der Waals surface area (Å²) in [7, 11) is 0. The smallest absolute Gasteiger partial charge is 0.156 e. The predicted octanol–water partition coefficient (Wildman–Crippen LogP) is 2.80. The molecule has 0 saturated heterocycles. The Labute approximate surface area is 112 Å². The van der Waals surface area contributed by atoms with Crippen molar-refractivity contribution in [2.75, 3.05) is 0 Å². The highest BCUT2D eigenvalue weighted by molar-refractivity contribution is 6.30. The molecule has 0 aliphatic carbocycles. The van der Waals surface area contributed by atoms with Crippen molar-refractivity contribution in [2.24, 2.45) is 5.73 Å². The van der Waals surface area contributed by atoms with Gasteiger partial charge in [-0.1, -0.05) is 44.5 Å². The standard InChI is InChI=1S/C13H17ClN4/c1-13(2,3)12-16-11(17-18-12)10(15)8-4-6-9(14)7-5-8/h4-7,10H,15H2,1-3H3,(H,16,17,18)/t10-/m0/s1. The molecule has 1 atom stereocenters. The first-order chi connectivity index (χ1) is 8.38. The lowest BCUT2D eigenvalue weighted by atomic mass is 9.96. The highest BCUT2D eigenvalue weighted by atomic mass is 35.5. The molecule has 0 spiro atoms. The summed E-state index contributed by atoms with van der Waals surface area (Å²) in [6.45, 7) is 6.19. The van der Waals surface area contributed by atoms with Gasteiger partial charge in [0.1, 0.15) is 5.82 Å². The minimum atomic E-state index is -0.314. The highest BCUT2D eigenvalue weighted by Gasteiger charge is 2.21. The fourth-order valence-corrected chi connectivity index (χ4v) is 1.70. The predicted molar refractivity (Wildman–Crippen MR) is 72.6 cm³/mol. The molecule has 3 N–H and O–H groups in total. The van der Waals surface area contributed by atoms with Gasteiger partial charge in [-0.2, -0.15) is 5.10 Å². The molecule has 0 amide bonds.